The number of rotatable bonds is 4. The van der Waals surface area contributed by atoms with Crippen molar-refractivity contribution in [2.45, 2.75) is 12.8 Å². The van der Waals surface area contributed by atoms with Crippen LogP contribution in [-0.4, -0.2) is 5.16 Å². The highest BCUT2D eigenvalue weighted by molar-refractivity contribution is 5.75. The van der Waals surface area contributed by atoms with Crippen LogP contribution in [0.5, 0.6) is 0 Å². The fraction of sp³-hybridized carbons (Fsp3) is 0.133. The molecule has 0 amide bonds. The second-order valence-electron chi connectivity index (χ2n) is 4.46. The highest BCUT2D eigenvalue weighted by Gasteiger charge is 2.16. The average molecular weight is 272 g/mol. The molecule has 5 heteroatoms. The molecular weight excluding hydrogens is 259 g/mol. The third kappa shape index (κ3) is 2.42. The standard InChI is InChI=1S/C15H13FN2O2/c16-11-4-1-3-10(9-11)14-13(18-20-15(14)17)7-6-12-5-2-8-19-12/h1-5,8-9H,6-7,17H2. The van der Waals surface area contributed by atoms with E-state index >= 15 is 0 Å². The van der Waals surface area contributed by atoms with Crippen molar-refractivity contribution in [3.8, 4) is 11.1 Å². The molecule has 0 saturated carbocycles. The fourth-order valence-corrected chi connectivity index (χ4v) is 2.16. The largest absolute Gasteiger partial charge is 0.469 e. The number of aryl methyl sites for hydroxylation is 2. The minimum absolute atomic E-state index is 0.199. The van der Waals surface area contributed by atoms with Gasteiger partial charge in [-0.25, -0.2) is 4.39 Å². The van der Waals surface area contributed by atoms with Gasteiger partial charge in [0.25, 0.3) is 0 Å². The Morgan fingerprint density at radius 2 is 2.05 bits per heavy atom. The topological polar surface area (TPSA) is 65.2 Å². The van der Waals surface area contributed by atoms with Crippen molar-refractivity contribution in [1.82, 2.24) is 5.16 Å². The number of anilines is 1. The molecule has 3 rings (SSSR count). The van der Waals surface area contributed by atoms with Gasteiger partial charge < -0.3 is 14.7 Å². The van der Waals surface area contributed by atoms with E-state index in [2.05, 4.69) is 5.16 Å². The maximum Gasteiger partial charge on any atom is 0.230 e. The van der Waals surface area contributed by atoms with Crippen LogP contribution in [0.15, 0.2) is 51.6 Å². The van der Waals surface area contributed by atoms with E-state index in [9.17, 15) is 4.39 Å². The van der Waals surface area contributed by atoms with E-state index in [4.69, 9.17) is 14.7 Å². The number of hydrogen-bond acceptors (Lipinski definition) is 4. The lowest BCUT2D eigenvalue weighted by molar-refractivity contribution is 0.425. The molecule has 0 atom stereocenters. The van der Waals surface area contributed by atoms with Gasteiger partial charge in [-0.15, -0.1) is 0 Å². The van der Waals surface area contributed by atoms with Gasteiger partial charge in [-0.05, 0) is 29.8 Å². The highest BCUT2D eigenvalue weighted by Crippen LogP contribution is 2.30. The van der Waals surface area contributed by atoms with E-state index in [1.807, 2.05) is 12.1 Å². The molecule has 2 aromatic heterocycles. The molecule has 4 nitrogen and oxygen atoms in total. The number of nitrogens with zero attached hydrogens (tertiary/aromatic N) is 1. The molecule has 0 aliphatic heterocycles. The van der Waals surface area contributed by atoms with E-state index in [1.165, 1.54) is 12.1 Å². The van der Waals surface area contributed by atoms with Crippen molar-refractivity contribution < 1.29 is 13.3 Å². The number of furan rings is 1. The molecule has 0 unspecified atom stereocenters. The van der Waals surface area contributed by atoms with Gasteiger partial charge in [0.1, 0.15) is 11.6 Å². The van der Waals surface area contributed by atoms with Crippen LogP contribution in [0.3, 0.4) is 0 Å². The van der Waals surface area contributed by atoms with Crippen molar-refractivity contribution in [3.05, 3.63) is 59.9 Å². The smallest absolute Gasteiger partial charge is 0.230 e. The van der Waals surface area contributed by atoms with Gasteiger partial charge in [0.2, 0.25) is 5.88 Å². The number of hydrogen-bond donors (Lipinski definition) is 1. The molecule has 0 fully saturated rings. The van der Waals surface area contributed by atoms with Crippen molar-refractivity contribution in [2.24, 2.45) is 0 Å². The quantitative estimate of drug-likeness (QED) is 0.790. The van der Waals surface area contributed by atoms with Crippen LogP contribution in [0, 0.1) is 5.82 Å². The van der Waals surface area contributed by atoms with Crippen molar-refractivity contribution in [3.63, 3.8) is 0 Å². The summed E-state index contributed by atoms with van der Waals surface area (Å²) in [5, 5.41) is 3.96. The monoisotopic (exact) mass is 272 g/mol. The zero-order valence-electron chi connectivity index (χ0n) is 10.7. The summed E-state index contributed by atoms with van der Waals surface area (Å²) in [6.45, 7) is 0. The van der Waals surface area contributed by atoms with Gasteiger partial charge >= 0.3 is 0 Å². The number of nitrogens with two attached hydrogens (primary N) is 1. The van der Waals surface area contributed by atoms with Crippen LogP contribution in [0.2, 0.25) is 0 Å². The summed E-state index contributed by atoms with van der Waals surface area (Å²) in [4.78, 5) is 0. The SMILES string of the molecule is Nc1onc(CCc2ccco2)c1-c1cccc(F)c1. The van der Waals surface area contributed by atoms with Crippen molar-refractivity contribution in [1.29, 1.82) is 0 Å². The molecule has 0 saturated heterocycles. The molecule has 0 radical (unpaired) electrons. The number of aromatic nitrogens is 1. The molecule has 102 valence electrons. The first-order valence-corrected chi connectivity index (χ1v) is 6.26. The summed E-state index contributed by atoms with van der Waals surface area (Å²) < 4.78 is 23.6. The van der Waals surface area contributed by atoms with Gasteiger partial charge in [0.05, 0.1) is 17.5 Å². The Bertz CT molecular complexity index is 704. The predicted molar refractivity (Wildman–Crippen MR) is 72.4 cm³/mol. The third-order valence-electron chi connectivity index (χ3n) is 3.09. The first-order valence-electron chi connectivity index (χ1n) is 6.26. The Kier molecular flexibility index (Phi) is 3.25. The second-order valence-corrected chi connectivity index (χ2v) is 4.46. The molecule has 2 N–H and O–H groups in total. The maximum atomic E-state index is 13.3. The van der Waals surface area contributed by atoms with Crippen LogP contribution < -0.4 is 5.73 Å². The van der Waals surface area contributed by atoms with Gasteiger partial charge in [-0.2, -0.15) is 0 Å². The van der Waals surface area contributed by atoms with Gasteiger partial charge in [-0.1, -0.05) is 17.3 Å². The molecule has 20 heavy (non-hydrogen) atoms. The summed E-state index contributed by atoms with van der Waals surface area (Å²) in [6, 6.07) is 9.94. The molecule has 0 aliphatic rings. The Morgan fingerprint density at radius 1 is 1.15 bits per heavy atom. The lowest BCUT2D eigenvalue weighted by Gasteiger charge is -2.02. The highest BCUT2D eigenvalue weighted by atomic mass is 19.1. The zero-order chi connectivity index (χ0) is 13.9. The molecule has 3 aromatic rings. The summed E-state index contributed by atoms with van der Waals surface area (Å²) in [7, 11) is 0. The molecular formula is C15H13FN2O2. The summed E-state index contributed by atoms with van der Waals surface area (Å²) >= 11 is 0. The van der Waals surface area contributed by atoms with Crippen LogP contribution in [0.1, 0.15) is 11.5 Å². The van der Waals surface area contributed by atoms with E-state index in [0.29, 0.717) is 29.7 Å². The molecule has 1 aromatic carbocycles. The van der Waals surface area contributed by atoms with E-state index in [1.54, 1.807) is 18.4 Å². The van der Waals surface area contributed by atoms with E-state index < -0.39 is 0 Å². The van der Waals surface area contributed by atoms with Crippen LogP contribution in [-0.2, 0) is 12.8 Å². The average Bonchev–Trinajstić information content (AvgIpc) is 3.06. The third-order valence-corrected chi connectivity index (χ3v) is 3.09. The minimum Gasteiger partial charge on any atom is -0.469 e. The molecule has 2 heterocycles. The Morgan fingerprint density at radius 3 is 2.80 bits per heavy atom. The van der Waals surface area contributed by atoms with Gasteiger partial charge in [0.15, 0.2) is 0 Å². The summed E-state index contributed by atoms with van der Waals surface area (Å²) in [5.41, 5.74) is 7.81. The van der Waals surface area contributed by atoms with Crippen LogP contribution in [0.25, 0.3) is 11.1 Å². The summed E-state index contributed by atoms with van der Waals surface area (Å²) in [5.74, 6) is 0.738. The van der Waals surface area contributed by atoms with Gasteiger partial charge in [0, 0.05) is 12.8 Å². The lowest BCUT2D eigenvalue weighted by Crippen LogP contribution is -1.94. The summed E-state index contributed by atoms with van der Waals surface area (Å²) in [6.07, 6.45) is 2.92. The van der Waals surface area contributed by atoms with Crippen LogP contribution >= 0.6 is 0 Å². The predicted octanol–water partition coefficient (Wildman–Crippen LogP) is 3.44. The normalized spacial score (nSPS) is 10.8. The van der Waals surface area contributed by atoms with E-state index in [0.717, 1.165) is 5.76 Å². The van der Waals surface area contributed by atoms with Gasteiger partial charge in [-0.3, -0.25) is 0 Å². The Balaban J connectivity index is 1.89. The minimum atomic E-state index is -0.319. The lowest BCUT2D eigenvalue weighted by atomic mass is 10.0. The number of nitrogen functional groups attached to an aromatic ring is 1. The van der Waals surface area contributed by atoms with E-state index in [-0.39, 0.29) is 11.7 Å². The first-order chi connectivity index (χ1) is 9.74. The van der Waals surface area contributed by atoms with Crippen molar-refractivity contribution >= 4 is 5.88 Å². The maximum absolute atomic E-state index is 13.3. The first kappa shape index (κ1) is 12.5. The Hall–Kier alpha value is -2.56. The molecule has 0 spiro atoms. The Labute approximate surface area is 115 Å². The molecule has 0 bridgehead atoms. The number of benzene rings is 1. The fourth-order valence-electron chi connectivity index (χ4n) is 2.16. The molecule has 0 aliphatic carbocycles. The van der Waals surface area contributed by atoms with Crippen LogP contribution in [0.4, 0.5) is 10.3 Å². The van der Waals surface area contributed by atoms with Crippen molar-refractivity contribution in [2.75, 3.05) is 5.73 Å². The zero-order valence-corrected chi connectivity index (χ0v) is 10.7. The number of halogens is 1. The second kappa shape index (κ2) is 5.21.